The van der Waals surface area contributed by atoms with Crippen molar-refractivity contribution in [3.8, 4) is 22.3 Å². The molecule has 7 aliphatic rings. The summed E-state index contributed by atoms with van der Waals surface area (Å²) >= 11 is 2.02. The van der Waals surface area contributed by atoms with E-state index in [1.54, 1.807) is 11.1 Å². The van der Waals surface area contributed by atoms with Gasteiger partial charge in [-0.15, -0.1) is 0 Å². The van der Waals surface area contributed by atoms with E-state index in [-0.39, 0.29) is 27.1 Å². The third-order valence-corrected chi connectivity index (χ3v) is 20.5. The SMILES string of the molecule is CC1(C)CCC(C)(C)c2cc(-c3cccc(N(c4cccc(-c5ccc6c(c5)C(C)(C)CCC6(C)C)c4)c4ccc5c(c4)C4(c6ccccc6S5)C5CC6CC7CC4C75C6)c3)ccc21. The second kappa shape index (κ2) is 13.1. The van der Waals surface area contributed by atoms with E-state index in [1.165, 1.54) is 123 Å². The highest BCUT2D eigenvalue weighted by molar-refractivity contribution is 7.99. The van der Waals surface area contributed by atoms with Crippen LogP contribution in [0.3, 0.4) is 0 Å². The summed E-state index contributed by atoms with van der Waals surface area (Å²) in [4.78, 5) is 5.57. The topological polar surface area (TPSA) is 3.24 Å². The summed E-state index contributed by atoms with van der Waals surface area (Å²) in [7, 11) is 0. The minimum absolute atomic E-state index is 0.113. The highest BCUT2D eigenvalue weighted by Crippen LogP contribution is 2.89. The molecule has 0 radical (unpaired) electrons. The van der Waals surface area contributed by atoms with Gasteiger partial charge in [0, 0.05) is 32.3 Å². The minimum Gasteiger partial charge on any atom is -0.310 e. The molecule has 2 heteroatoms. The Morgan fingerprint density at radius 2 is 0.938 bits per heavy atom. The van der Waals surface area contributed by atoms with E-state index in [0.717, 1.165) is 23.7 Å². The molecule has 1 aliphatic heterocycles. The Labute approximate surface area is 387 Å². The average molecular weight is 856 g/mol. The van der Waals surface area contributed by atoms with Gasteiger partial charge in [-0.3, -0.25) is 0 Å². The van der Waals surface area contributed by atoms with Crippen molar-refractivity contribution in [3.63, 3.8) is 0 Å². The molecule has 6 aromatic rings. The van der Waals surface area contributed by atoms with Crippen molar-refractivity contribution in [2.24, 2.45) is 29.1 Å². The number of nitrogens with zero attached hydrogens (tertiary/aromatic N) is 1. The van der Waals surface area contributed by atoms with E-state index < -0.39 is 0 Å². The molecule has 6 atom stereocenters. The highest BCUT2D eigenvalue weighted by atomic mass is 32.2. The molecule has 0 aromatic heterocycles. The van der Waals surface area contributed by atoms with Crippen LogP contribution in [0.25, 0.3) is 22.3 Å². The smallest absolute Gasteiger partial charge is 0.0467 e. The van der Waals surface area contributed by atoms with Crippen molar-refractivity contribution in [2.45, 2.75) is 144 Å². The number of hydrogen-bond donors (Lipinski definition) is 0. The summed E-state index contributed by atoms with van der Waals surface area (Å²) in [6, 6.07) is 50.9. The van der Waals surface area contributed by atoms with Crippen LogP contribution in [0.2, 0.25) is 0 Å². The van der Waals surface area contributed by atoms with Gasteiger partial charge in [-0.1, -0.05) is 146 Å². The van der Waals surface area contributed by atoms with Crippen molar-refractivity contribution >= 4 is 28.8 Å². The Bertz CT molecular complexity index is 2820. The van der Waals surface area contributed by atoms with Gasteiger partial charge in [0.05, 0.1) is 0 Å². The summed E-state index contributed by atoms with van der Waals surface area (Å²) in [5.74, 6) is 3.41. The van der Waals surface area contributed by atoms with Crippen molar-refractivity contribution in [1.82, 2.24) is 0 Å². The van der Waals surface area contributed by atoms with Crippen LogP contribution < -0.4 is 4.90 Å². The highest BCUT2D eigenvalue weighted by Gasteiger charge is 2.84. The molecule has 6 aromatic carbocycles. The van der Waals surface area contributed by atoms with Crippen LogP contribution in [0.5, 0.6) is 0 Å². The summed E-state index contributed by atoms with van der Waals surface area (Å²) in [5, 5.41) is 0. The Hall–Kier alpha value is -4.53. The summed E-state index contributed by atoms with van der Waals surface area (Å²) in [6.45, 7) is 19.5. The van der Waals surface area contributed by atoms with Crippen LogP contribution in [0.1, 0.15) is 140 Å². The summed E-state index contributed by atoms with van der Waals surface area (Å²) < 4.78 is 0. The van der Waals surface area contributed by atoms with Gasteiger partial charge in [-0.05, 0) is 206 Å². The molecule has 324 valence electrons. The maximum atomic E-state index is 2.68. The van der Waals surface area contributed by atoms with Gasteiger partial charge in [-0.2, -0.15) is 0 Å². The lowest BCUT2D eigenvalue weighted by atomic mass is 9.26. The van der Waals surface area contributed by atoms with Crippen LogP contribution in [-0.4, -0.2) is 0 Å². The first kappa shape index (κ1) is 39.8. The molecule has 4 saturated carbocycles. The van der Waals surface area contributed by atoms with E-state index >= 15 is 0 Å². The molecule has 2 bridgehead atoms. The maximum Gasteiger partial charge on any atom is 0.0467 e. The molecule has 13 rings (SSSR count). The minimum atomic E-state index is 0.113. The van der Waals surface area contributed by atoms with E-state index in [2.05, 4.69) is 188 Å². The van der Waals surface area contributed by atoms with Gasteiger partial charge in [0.1, 0.15) is 0 Å². The number of benzene rings is 6. The molecule has 0 N–H and O–H groups in total. The van der Waals surface area contributed by atoms with Crippen LogP contribution >= 0.6 is 11.8 Å². The molecular formula is C62H65NS. The zero-order valence-corrected chi connectivity index (χ0v) is 40.3. The van der Waals surface area contributed by atoms with Crippen molar-refractivity contribution in [1.29, 1.82) is 0 Å². The molecule has 6 aliphatic carbocycles. The third-order valence-electron chi connectivity index (χ3n) is 19.3. The molecule has 64 heavy (non-hydrogen) atoms. The van der Waals surface area contributed by atoms with Crippen LogP contribution in [0.15, 0.2) is 137 Å². The van der Waals surface area contributed by atoms with Crippen LogP contribution in [0.4, 0.5) is 17.1 Å². The quantitative estimate of drug-likeness (QED) is 0.170. The molecule has 0 saturated heterocycles. The summed E-state index contributed by atoms with van der Waals surface area (Å²) in [5.41, 5.74) is 19.6. The first-order valence-corrected chi connectivity index (χ1v) is 25.6. The van der Waals surface area contributed by atoms with Crippen molar-refractivity contribution in [2.75, 3.05) is 4.90 Å². The molecular weight excluding hydrogens is 791 g/mol. The maximum absolute atomic E-state index is 2.68. The monoisotopic (exact) mass is 855 g/mol. The van der Waals surface area contributed by atoms with Crippen molar-refractivity contribution in [3.05, 3.63) is 161 Å². The Kier molecular flexibility index (Phi) is 8.14. The van der Waals surface area contributed by atoms with Gasteiger partial charge in [0.25, 0.3) is 0 Å². The fourth-order valence-corrected chi connectivity index (χ4v) is 17.0. The predicted octanol–water partition coefficient (Wildman–Crippen LogP) is 17.0. The van der Waals surface area contributed by atoms with E-state index in [9.17, 15) is 0 Å². The molecule has 4 fully saturated rings. The fraction of sp³-hybridized carbons (Fsp3) is 0.419. The largest absolute Gasteiger partial charge is 0.310 e. The van der Waals surface area contributed by atoms with Crippen LogP contribution in [-0.2, 0) is 27.1 Å². The van der Waals surface area contributed by atoms with Gasteiger partial charge in [-0.25, -0.2) is 0 Å². The average Bonchev–Trinajstić information content (AvgIpc) is 3.82. The van der Waals surface area contributed by atoms with E-state index in [4.69, 9.17) is 0 Å². The number of fused-ring (bicyclic) bond motifs is 9. The van der Waals surface area contributed by atoms with Crippen LogP contribution in [0, 0.1) is 29.1 Å². The first-order chi connectivity index (χ1) is 30.6. The second-order valence-corrected chi connectivity index (χ2v) is 25.4. The lowest BCUT2D eigenvalue weighted by Gasteiger charge is -2.78. The van der Waals surface area contributed by atoms with Gasteiger partial charge < -0.3 is 4.90 Å². The van der Waals surface area contributed by atoms with Gasteiger partial charge in [0.15, 0.2) is 0 Å². The zero-order chi connectivity index (χ0) is 43.8. The lowest BCUT2D eigenvalue weighted by molar-refractivity contribution is -0.235. The molecule has 1 heterocycles. The van der Waals surface area contributed by atoms with Gasteiger partial charge in [0.2, 0.25) is 0 Å². The fourth-order valence-electron chi connectivity index (χ4n) is 15.8. The standard InChI is InChI=1S/C62H65NS/c1-57(2)25-27-59(5,6)50-33-41(19-22-47(50)57)39-13-11-15-44(31-39)63(45-16-12-14-40(32-45)42-20-23-48-51(34-42)60(7,8)28-26-58(48,3)4)46-21-24-54-52(36-46)62(49-17-9-10-18-53(49)64-54)55-30-38-29-43-35-56(62)61(43,55)37-38/h9-24,31-34,36,38,43,55-56H,25-30,35,37H2,1-8H3. The summed E-state index contributed by atoms with van der Waals surface area (Å²) in [6.07, 6.45) is 10.7. The Morgan fingerprint density at radius 1 is 0.422 bits per heavy atom. The zero-order valence-electron chi connectivity index (χ0n) is 39.4. The number of hydrogen-bond acceptors (Lipinski definition) is 2. The lowest BCUT2D eigenvalue weighted by Crippen LogP contribution is -2.74. The van der Waals surface area contributed by atoms with E-state index in [0.29, 0.717) is 5.41 Å². The van der Waals surface area contributed by atoms with Crippen molar-refractivity contribution < 1.29 is 0 Å². The second-order valence-electron chi connectivity index (χ2n) is 24.3. The number of rotatable bonds is 5. The molecule has 6 unspecified atom stereocenters. The molecule has 0 amide bonds. The number of anilines is 3. The third kappa shape index (κ3) is 5.27. The first-order valence-electron chi connectivity index (χ1n) is 24.8. The van der Waals surface area contributed by atoms with Gasteiger partial charge >= 0.3 is 0 Å². The molecule has 2 spiro atoms. The Morgan fingerprint density at radius 3 is 1.53 bits per heavy atom. The predicted molar refractivity (Wildman–Crippen MR) is 269 cm³/mol. The Balaban J connectivity index is 0.979. The molecule has 1 nitrogen and oxygen atoms in total. The van der Waals surface area contributed by atoms with E-state index in [1.807, 2.05) is 11.8 Å². The normalized spacial score (nSPS) is 29.6.